The zero-order valence-corrected chi connectivity index (χ0v) is 12.5. The predicted octanol–water partition coefficient (Wildman–Crippen LogP) is 4.90. The molecule has 0 aromatic rings. The largest absolute Gasteiger partial charge is 0.378 e. The van der Waals surface area contributed by atoms with Crippen molar-refractivity contribution in [3.8, 4) is 0 Å². The van der Waals surface area contributed by atoms with Gasteiger partial charge in [-0.05, 0) is 43.4 Å². The molecule has 0 saturated carbocycles. The van der Waals surface area contributed by atoms with Gasteiger partial charge in [0.1, 0.15) is 0 Å². The second-order valence-electron chi connectivity index (χ2n) is 6.97. The molecule has 0 aromatic heterocycles. The summed E-state index contributed by atoms with van der Waals surface area (Å²) in [7, 11) is 0. The lowest BCUT2D eigenvalue weighted by atomic mass is 9.84. The molecule has 1 heteroatoms. The Balaban J connectivity index is 3.58. The maximum absolute atomic E-state index is 5.84. The van der Waals surface area contributed by atoms with E-state index in [4.69, 9.17) is 4.74 Å². The fourth-order valence-corrected chi connectivity index (χ4v) is 2.35. The molecule has 0 fully saturated rings. The standard InChI is InChI=1S/C15H32O/c1-12(2)10-14(4)16-9-8-13(3)11-15(5,6)7/h12-14H,8-11H2,1-7H3. The van der Waals surface area contributed by atoms with E-state index in [-0.39, 0.29) is 0 Å². The van der Waals surface area contributed by atoms with E-state index in [1.165, 1.54) is 19.3 Å². The van der Waals surface area contributed by atoms with E-state index >= 15 is 0 Å². The lowest BCUT2D eigenvalue weighted by Gasteiger charge is -2.23. The van der Waals surface area contributed by atoms with Crippen molar-refractivity contribution in [3.63, 3.8) is 0 Å². The highest BCUT2D eigenvalue weighted by molar-refractivity contribution is 4.66. The third kappa shape index (κ3) is 10.5. The van der Waals surface area contributed by atoms with Crippen LogP contribution in [0.2, 0.25) is 0 Å². The maximum Gasteiger partial charge on any atom is 0.0549 e. The van der Waals surface area contributed by atoms with Crippen molar-refractivity contribution in [1.29, 1.82) is 0 Å². The zero-order chi connectivity index (χ0) is 12.8. The fourth-order valence-electron chi connectivity index (χ4n) is 2.35. The number of hydrogen-bond donors (Lipinski definition) is 0. The molecular formula is C15H32O. The molecule has 0 aliphatic carbocycles. The third-order valence-corrected chi connectivity index (χ3v) is 2.78. The number of rotatable bonds is 7. The minimum absolute atomic E-state index is 0.418. The molecule has 0 spiro atoms. The molecule has 2 atom stereocenters. The van der Waals surface area contributed by atoms with Crippen LogP contribution in [-0.4, -0.2) is 12.7 Å². The van der Waals surface area contributed by atoms with Crippen molar-refractivity contribution >= 4 is 0 Å². The van der Waals surface area contributed by atoms with E-state index < -0.39 is 0 Å². The molecule has 16 heavy (non-hydrogen) atoms. The second-order valence-corrected chi connectivity index (χ2v) is 6.97. The van der Waals surface area contributed by atoms with E-state index in [0.29, 0.717) is 11.5 Å². The first-order valence-electron chi connectivity index (χ1n) is 6.82. The first kappa shape index (κ1) is 16.0. The van der Waals surface area contributed by atoms with Gasteiger partial charge in [0.25, 0.3) is 0 Å². The normalized spacial score (nSPS) is 16.5. The van der Waals surface area contributed by atoms with E-state index in [1.54, 1.807) is 0 Å². The molecule has 0 radical (unpaired) electrons. The first-order chi connectivity index (χ1) is 7.20. The Bertz CT molecular complexity index is 167. The topological polar surface area (TPSA) is 9.23 Å². The van der Waals surface area contributed by atoms with Crippen LogP contribution in [0.1, 0.15) is 67.7 Å². The minimum Gasteiger partial charge on any atom is -0.378 e. The molecule has 2 unspecified atom stereocenters. The van der Waals surface area contributed by atoms with E-state index in [2.05, 4.69) is 48.5 Å². The van der Waals surface area contributed by atoms with E-state index in [1.807, 2.05) is 0 Å². The van der Waals surface area contributed by atoms with Crippen LogP contribution in [0.5, 0.6) is 0 Å². The molecule has 0 aliphatic rings. The molecule has 0 amide bonds. The summed E-state index contributed by atoms with van der Waals surface area (Å²) in [6.07, 6.45) is 4.07. The van der Waals surface area contributed by atoms with E-state index in [9.17, 15) is 0 Å². The van der Waals surface area contributed by atoms with Crippen LogP contribution in [0.4, 0.5) is 0 Å². The van der Waals surface area contributed by atoms with Crippen molar-refractivity contribution in [2.75, 3.05) is 6.61 Å². The van der Waals surface area contributed by atoms with Gasteiger partial charge in [-0.25, -0.2) is 0 Å². The Morgan fingerprint density at radius 2 is 1.56 bits per heavy atom. The van der Waals surface area contributed by atoms with Crippen LogP contribution in [0, 0.1) is 17.3 Å². The SMILES string of the molecule is CC(C)CC(C)OCCC(C)CC(C)(C)C. The van der Waals surface area contributed by atoms with Gasteiger partial charge in [-0.1, -0.05) is 41.5 Å². The first-order valence-corrected chi connectivity index (χ1v) is 6.82. The van der Waals surface area contributed by atoms with Crippen LogP contribution < -0.4 is 0 Å². The average molecular weight is 228 g/mol. The summed E-state index contributed by atoms with van der Waals surface area (Å²) in [6.45, 7) is 16.9. The predicted molar refractivity (Wildman–Crippen MR) is 72.7 cm³/mol. The van der Waals surface area contributed by atoms with Crippen LogP contribution in [-0.2, 0) is 4.74 Å². The second kappa shape index (κ2) is 7.32. The van der Waals surface area contributed by atoms with Crippen LogP contribution in [0.3, 0.4) is 0 Å². The van der Waals surface area contributed by atoms with Gasteiger partial charge in [0.15, 0.2) is 0 Å². The van der Waals surface area contributed by atoms with Gasteiger partial charge in [0.2, 0.25) is 0 Å². The smallest absolute Gasteiger partial charge is 0.0549 e. The van der Waals surface area contributed by atoms with Crippen molar-refractivity contribution in [1.82, 2.24) is 0 Å². The zero-order valence-electron chi connectivity index (χ0n) is 12.5. The molecule has 0 aliphatic heterocycles. The summed E-state index contributed by atoms with van der Waals surface area (Å²) < 4.78 is 5.84. The molecule has 0 rings (SSSR count). The summed E-state index contributed by atoms with van der Waals surface area (Å²) in [5.41, 5.74) is 0.447. The molecule has 0 heterocycles. The molecule has 0 aromatic carbocycles. The fraction of sp³-hybridized carbons (Fsp3) is 1.00. The Hall–Kier alpha value is -0.0400. The average Bonchev–Trinajstić information content (AvgIpc) is 1.98. The van der Waals surface area contributed by atoms with Gasteiger partial charge >= 0.3 is 0 Å². The summed E-state index contributed by atoms with van der Waals surface area (Å²) >= 11 is 0. The monoisotopic (exact) mass is 228 g/mol. The summed E-state index contributed by atoms with van der Waals surface area (Å²) in [6, 6.07) is 0. The number of ether oxygens (including phenoxy) is 1. The van der Waals surface area contributed by atoms with Crippen molar-refractivity contribution < 1.29 is 4.74 Å². The lowest BCUT2D eigenvalue weighted by molar-refractivity contribution is 0.0419. The van der Waals surface area contributed by atoms with Gasteiger partial charge in [-0.3, -0.25) is 0 Å². The van der Waals surface area contributed by atoms with Crippen LogP contribution >= 0.6 is 0 Å². The van der Waals surface area contributed by atoms with E-state index in [0.717, 1.165) is 18.4 Å². The summed E-state index contributed by atoms with van der Waals surface area (Å²) in [4.78, 5) is 0. The Labute approximate surface area is 103 Å². The molecule has 0 saturated heterocycles. The summed E-state index contributed by atoms with van der Waals surface area (Å²) in [5, 5.41) is 0. The highest BCUT2D eigenvalue weighted by Gasteiger charge is 2.15. The van der Waals surface area contributed by atoms with Gasteiger partial charge < -0.3 is 4.74 Å². The van der Waals surface area contributed by atoms with Gasteiger partial charge in [-0.15, -0.1) is 0 Å². The van der Waals surface area contributed by atoms with Crippen molar-refractivity contribution in [2.24, 2.45) is 17.3 Å². The van der Waals surface area contributed by atoms with Crippen molar-refractivity contribution in [2.45, 2.75) is 73.8 Å². The number of hydrogen-bond acceptors (Lipinski definition) is 1. The highest BCUT2D eigenvalue weighted by Crippen LogP contribution is 2.26. The van der Waals surface area contributed by atoms with Crippen LogP contribution in [0.25, 0.3) is 0 Å². The van der Waals surface area contributed by atoms with Crippen molar-refractivity contribution in [3.05, 3.63) is 0 Å². The molecule has 0 bridgehead atoms. The molecule has 0 N–H and O–H groups in total. The molecule has 1 nitrogen and oxygen atoms in total. The molecule has 98 valence electrons. The third-order valence-electron chi connectivity index (χ3n) is 2.78. The van der Waals surface area contributed by atoms with Crippen LogP contribution in [0.15, 0.2) is 0 Å². The Morgan fingerprint density at radius 3 is 2.00 bits per heavy atom. The minimum atomic E-state index is 0.418. The Kier molecular flexibility index (Phi) is 7.30. The Morgan fingerprint density at radius 1 is 1.00 bits per heavy atom. The molecular weight excluding hydrogens is 196 g/mol. The lowest BCUT2D eigenvalue weighted by Crippen LogP contribution is -2.16. The van der Waals surface area contributed by atoms with Gasteiger partial charge in [0, 0.05) is 6.61 Å². The van der Waals surface area contributed by atoms with Gasteiger partial charge in [0.05, 0.1) is 6.10 Å². The summed E-state index contributed by atoms with van der Waals surface area (Å²) in [5.74, 6) is 1.51. The highest BCUT2D eigenvalue weighted by atomic mass is 16.5. The maximum atomic E-state index is 5.84. The van der Waals surface area contributed by atoms with Gasteiger partial charge in [-0.2, -0.15) is 0 Å². The quantitative estimate of drug-likeness (QED) is 0.602.